The lowest BCUT2D eigenvalue weighted by molar-refractivity contribution is -0.136. The number of imide groups is 2. The molecule has 1 fully saturated rings. The minimum atomic E-state index is -1.07. The van der Waals surface area contributed by atoms with E-state index in [1.807, 2.05) is 0 Å². The van der Waals surface area contributed by atoms with Crippen molar-refractivity contribution in [1.29, 1.82) is 0 Å². The Balaban J connectivity index is 1.00. The third kappa shape index (κ3) is 10.4. The van der Waals surface area contributed by atoms with Crippen molar-refractivity contribution >= 4 is 46.8 Å². The van der Waals surface area contributed by atoms with Crippen LogP contribution in [0.4, 0.5) is 11.4 Å². The summed E-state index contributed by atoms with van der Waals surface area (Å²) in [5, 5.41) is 7.59. The van der Waals surface area contributed by atoms with Crippen molar-refractivity contribution in [2.24, 2.45) is 0 Å². The number of hydrogen-bond acceptors (Lipinski definition) is 10. The van der Waals surface area contributed by atoms with Gasteiger partial charge < -0.3 is 29.6 Å². The molecule has 0 bridgehead atoms. The molecule has 0 aromatic heterocycles. The van der Waals surface area contributed by atoms with Crippen LogP contribution in [-0.2, 0) is 33.4 Å². The summed E-state index contributed by atoms with van der Waals surface area (Å²) in [5.74, 6) is -2.16. The molecule has 2 aromatic carbocycles. The second kappa shape index (κ2) is 17.9. The first-order valence-corrected chi connectivity index (χ1v) is 15.6. The van der Waals surface area contributed by atoms with Crippen molar-refractivity contribution < 1.29 is 47.7 Å². The van der Waals surface area contributed by atoms with Gasteiger partial charge in [-0.2, -0.15) is 0 Å². The van der Waals surface area contributed by atoms with Gasteiger partial charge in [0, 0.05) is 32.1 Å². The van der Waals surface area contributed by atoms with Crippen LogP contribution >= 0.6 is 0 Å². The maximum atomic E-state index is 13.2. The largest absolute Gasteiger partial charge is 0.491 e. The Bertz CT molecular complexity index is 1450. The first kappa shape index (κ1) is 35.2. The normalized spacial score (nSPS) is 15.8. The minimum absolute atomic E-state index is 0.0289. The van der Waals surface area contributed by atoms with Gasteiger partial charge in [0.2, 0.25) is 23.6 Å². The lowest BCUT2D eigenvalue weighted by Gasteiger charge is -2.27. The first-order chi connectivity index (χ1) is 22.7. The first-order valence-electron chi connectivity index (χ1n) is 15.6. The minimum Gasteiger partial charge on any atom is -0.491 e. The number of nitrogens with zero attached hydrogens (tertiary/aromatic N) is 1. The van der Waals surface area contributed by atoms with Gasteiger partial charge >= 0.3 is 0 Å². The Kier molecular flexibility index (Phi) is 13.4. The highest BCUT2D eigenvalue weighted by Crippen LogP contribution is 2.32. The van der Waals surface area contributed by atoms with E-state index in [0.717, 1.165) is 17.7 Å². The highest BCUT2D eigenvalue weighted by Gasteiger charge is 2.45. The van der Waals surface area contributed by atoms with Gasteiger partial charge in [0.15, 0.2) is 0 Å². The third-order valence-electron chi connectivity index (χ3n) is 7.35. The van der Waals surface area contributed by atoms with Crippen LogP contribution in [0.1, 0.15) is 66.2 Å². The Morgan fingerprint density at radius 2 is 1.49 bits per heavy atom. The number of piperidine rings is 1. The molecule has 2 aliphatic rings. The number of unbranched alkanes of at least 4 members (excludes halogenated alkanes) is 2. The fourth-order valence-electron chi connectivity index (χ4n) is 5.10. The van der Waals surface area contributed by atoms with Crippen molar-refractivity contribution in [2.45, 2.75) is 51.5 Å². The molecule has 2 aromatic rings. The number of ether oxygens (including phenoxy) is 4. The van der Waals surface area contributed by atoms with E-state index in [-0.39, 0.29) is 47.9 Å². The van der Waals surface area contributed by atoms with Crippen molar-refractivity contribution in [2.75, 3.05) is 56.9 Å². The number of fused-ring (bicyclic) bond motifs is 1. The number of anilines is 2. The molecule has 0 spiro atoms. The summed E-state index contributed by atoms with van der Waals surface area (Å²) in [5.41, 5.74) is 1.09. The highest BCUT2D eigenvalue weighted by molar-refractivity contribution is 6.26. The highest BCUT2D eigenvalue weighted by atomic mass is 16.6. The summed E-state index contributed by atoms with van der Waals surface area (Å²) in [6.07, 6.45) is 2.45. The van der Waals surface area contributed by atoms with E-state index in [1.165, 1.54) is 13.0 Å². The van der Waals surface area contributed by atoms with Crippen LogP contribution in [0.15, 0.2) is 42.5 Å². The van der Waals surface area contributed by atoms with Crippen LogP contribution in [0.2, 0.25) is 0 Å². The Hall–Kier alpha value is -4.66. The lowest BCUT2D eigenvalue weighted by Crippen LogP contribution is -2.54. The quantitative estimate of drug-likeness (QED) is 0.151. The van der Waals surface area contributed by atoms with Gasteiger partial charge in [0.25, 0.3) is 11.8 Å². The number of amides is 6. The zero-order valence-corrected chi connectivity index (χ0v) is 26.3. The van der Waals surface area contributed by atoms with Gasteiger partial charge in [0.05, 0.1) is 49.8 Å². The maximum absolute atomic E-state index is 13.2. The molecule has 1 atom stereocenters. The molecule has 14 nitrogen and oxygen atoms in total. The predicted octanol–water partition coefficient (Wildman–Crippen LogP) is 2.67. The summed E-state index contributed by atoms with van der Waals surface area (Å²) < 4.78 is 22.2. The standard InChI is InChI=1S/C33H40N4O10/c1-22(38)34-23-9-11-24(12-10-23)47-21-20-46-19-18-45-17-16-44-15-4-2-3-8-28(39)35-26-7-5-6-25-30(26)33(43)37(32(25)42)27-13-14-29(40)36-31(27)41/h5-7,9-12,27H,2-4,8,13-21H2,1H3,(H,34,38)(H,35,39)(H,36,40,41). The Morgan fingerprint density at radius 1 is 0.809 bits per heavy atom. The lowest BCUT2D eigenvalue weighted by atomic mass is 10.0. The fraction of sp³-hybridized carbons (Fsp3) is 0.455. The molecule has 2 aliphatic heterocycles. The zero-order chi connectivity index (χ0) is 33.6. The van der Waals surface area contributed by atoms with Crippen molar-refractivity contribution in [3.63, 3.8) is 0 Å². The van der Waals surface area contributed by atoms with Crippen LogP contribution in [0.5, 0.6) is 5.75 Å². The fourth-order valence-corrected chi connectivity index (χ4v) is 5.10. The molecule has 0 saturated carbocycles. The zero-order valence-electron chi connectivity index (χ0n) is 26.3. The average molecular weight is 653 g/mol. The van der Waals surface area contributed by atoms with Crippen LogP contribution in [-0.4, -0.2) is 92.6 Å². The van der Waals surface area contributed by atoms with Crippen LogP contribution in [0, 0.1) is 0 Å². The topological polar surface area (TPSA) is 179 Å². The van der Waals surface area contributed by atoms with Crippen molar-refractivity contribution in [3.05, 3.63) is 53.6 Å². The van der Waals surface area contributed by atoms with E-state index < -0.39 is 29.7 Å². The van der Waals surface area contributed by atoms with E-state index in [1.54, 1.807) is 36.4 Å². The van der Waals surface area contributed by atoms with E-state index in [0.29, 0.717) is 64.1 Å². The second-order valence-electron chi connectivity index (χ2n) is 10.9. The second-order valence-corrected chi connectivity index (χ2v) is 10.9. The van der Waals surface area contributed by atoms with Crippen molar-refractivity contribution in [1.82, 2.24) is 10.2 Å². The number of rotatable bonds is 19. The van der Waals surface area contributed by atoms with Gasteiger partial charge in [0.1, 0.15) is 18.4 Å². The summed E-state index contributed by atoms with van der Waals surface area (Å²) >= 11 is 0. The molecule has 2 heterocycles. The Morgan fingerprint density at radius 3 is 2.17 bits per heavy atom. The summed E-state index contributed by atoms with van der Waals surface area (Å²) in [6.45, 7) is 4.54. The number of hydrogen-bond donors (Lipinski definition) is 3. The molecule has 47 heavy (non-hydrogen) atoms. The van der Waals surface area contributed by atoms with Gasteiger partial charge in [-0.1, -0.05) is 12.5 Å². The monoisotopic (exact) mass is 652 g/mol. The van der Waals surface area contributed by atoms with Gasteiger partial charge in [-0.3, -0.25) is 39.0 Å². The van der Waals surface area contributed by atoms with Gasteiger partial charge in [-0.05, 0) is 55.7 Å². The number of benzene rings is 2. The Labute approximate surface area is 272 Å². The maximum Gasteiger partial charge on any atom is 0.264 e. The van der Waals surface area contributed by atoms with Crippen LogP contribution < -0.4 is 20.7 Å². The molecule has 1 unspecified atom stereocenters. The van der Waals surface area contributed by atoms with E-state index in [4.69, 9.17) is 18.9 Å². The summed E-state index contributed by atoms with van der Waals surface area (Å²) in [6, 6.07) is 10.6. The molecule has 0 aliphatic carbocycles. The number of nitrogens with one attached hydrogen (secondary N) is 3. The molecule has 6 amide bonds. The number of carbonyl (C=O) groups is 6. The van der Waals surface area contributed by atoms with Crippen molar-refractivity contribution in [3.8, 4) is 5.75 Å². The molecule has 4 rings (SSSR count). The molecule has 3 N–H and O–H groups in total. The smallest absolute Gasteiger partial charge is 0.264 e. The van der Waals surface area contributed by atoms with Crippen LogP contribution in [0.3, 0.4) is 0 Å². The third-order valence-corrected chi connectivity index (χ3v) is 7.35. The molecule has 252 valence electrons. The molecular formula is C33H40N4O10. The van der Waals surface area contributed by atoms with E-state index >= 15 is 0 Å². The van der Waals surface area contributed by atoms with Crippen LogP contribution in [0.25, 0.3) is 0 Å². The molecule has 1 saturated heterocycles. The van der Waals surface area contributed by atoms with E-state index in [9.17, 15) is 28.8 Å². The predicted molar refractivity (Wildman–Crippen MR) is 169 cm³/mol. The molecular weight excluding hydrogens is 612 g/mol. The summed E-state index contributed by atoms with van der Waals surface area (Å²) in [4.78, 5) is 74.4. The SMILES string of the molecule is CC(=O)Nc1ccc(OCCOCCOCCOCCCCCC(=O)Nc2cccc3c2C(=O)N(C2CCC(=O)NC2=O)C3=O)cc1. The van der Waals surface area contributed by atoms with Gasteiger partial charge in [-0.15, -0.1) is 0 Å². The average Bonchev–Trinajstić information content (AvgIpc) is 3.29. The van der Waals surface area contributed by atoms with E-state index in [2.05, 4.69) is 16.0 Å². The molecule has 14 heteroatoms. The summed E-state index contributed by atoms with van der Waals surface area (Å²) in [7, 11) is 0. The number of carbonyl (C=O) groups excluding carboxylic acids is 6. The van der Waals surface area contributed by atoms with Gasteiger partial charge in [-0.25, -0.2) is 0 Å². The molecule has 0 radical (unpaired) electrons.